The lowest BCUT2D eigenvalue weighted by molar-refractivity contribution is 0.356. The van der Waals surface area contributed by atoms with Crippen LogP contribution in [0.4, 0.5) is 11.5 Å². The van der Waals surface area contributed by atoms with Gasteiger partial charge in [0.1, 0.15) is 5.82 Å². The zero-order chi connectivity index (χ0) is 20.8. The number of nitrogens with zero attached hydrogens (tertiary/aromatic N) is 3. The summed E-state index contributed by atoms with van der Waals surface area (Å²) in [6.45, 7) is 6.81. The number of methoxy groups -OCH3 is 2. The van der Waals surface area contributed by atoms with Crippen LogP contribution >= 0.6 is 0 Å². The third-order valence-corrected chi connectivity index (χ3v) is 4.42. The zero-order valence-corrected chi connectivity index (χ0v) is 16.9. The van der Waals surface area contributed by atoms with Crippen LogP contribution in [0, 0.1) is 0 Å². The van der Waals surface area contributed by atoms with E-state index in [9.17, 15) is 0 Å². The average Bonchev–Trinajstić information content (AvgIpc) is 2.76. The van der Waals surface area contributed by atoms with Gasteiger partial charge in [-0.25, -0.2) is 9.97 Å². The highest BCUT2D eigenvalue weighted by Crippen LogP contribution is 2.37. The molecule has 0 amide bonds. The summed E-state index contributed by atoms with van der Waals surface area (Å²) in [6, 6.07) is 9.55. The molecule has 1 aromatic heterocycles. The van der Waals surface area contributed by atoms with E-state index in [0.717, 1.165) is 27.7 Å². The number of benzene rings is 2. The van der Waals surface area contributed by atoms with Crippen molar-refractivity contribution in [2.45, 2.75) is 6.92 Å². The molecule has 0 aliphatic heterocycles. The SMILES string of the molecule is C=Cc1cccc(-c2nc(NCCN)c3cc(OC)c(OC)cc3n2)c1N=CC. The first-order valence-electron chi connectivity index (χ1n) is 9.29. The molecule has 150 valence electrons. The predicted octanol–water partition coefficient (Wildman–Crippen LogP) is 4.05. The van der Waals surface area contributed by atoms with E-state index >= 15 is 0 Å². The third-order valence-electron chi connectivity index (χ3n) is 4.42. The number of nitrogens with one attached hydrogen (secondary N) is 1. The van der Waals surface area contributed by atoms with Crippen molar-refractivity contribution in [1.82, 2.24) is 9.97 Å². The summed E-state index contributed by atoms with van der Waals surface area (Å²) >= 11 is 0. The molecule has 0 spiro atoms. The van der Waals surface area contributed by atoms with E-state index in [2.05, 4.69) is 16.9 Å². The van der Waals surface area contributed by atoms with E-state index in [1.165, 1.54) is 0 Å². The smallest absolute Gasteiger partial charge is 0.164 e. The Morgan fingerprint density at radius 3 is 2.59 bits per heavy atom. The van der Waals surface area contributed by atoms with Crippen LogP contribution in [-0.2, 0) is 0 Å². The maximum atomic E-state index is 5.69. The molecule has 0 radical (unpaired) electrons. The minimum atomic E-state index is 0.478. The lowest BCUT2D eigenvalue weighted by atomic mass is 10.1. The summed E-state index contributed by atoms with van der Waals surface area (Å²) in [6.07, 6.45) is 3.52. The Hall–Kier alpha value is -3.45. The molecular weight excluding hydrogens is 366 g/mol. The van der Waals surface area contributed by atoms with Crippen molar-refractivity contribution in [3.05, 3.63) is 42.5 Å². The van der Waals surface area contributed by atoms with E-state index in [0.29, 0.717) is 36.2 Å². The van der Waals surface area contributed by atoms with Crippen LogP contribution in [0.2, 0.25) is 0 Å². The fourth-order valence-corrected chi connectivity index (χ4v) is 3.08. The summed E-state index contributed by atoms with van der Waals surface area (Å²) in [5.41, 5.74) is 8.91. The molecule has 7 nitrogen and oxygen atoms in total. The van der Waals surface area contributed by atoms with Crippen LogP contribution in [0.15, 0.2) is 41.9 Å². The lowest BCUT2D eigenvalue weighted by Crippen LogP contribution is -2.14. The Balaban J connectivity index is 2.31. The fraction of sp³-hybridized carbons (Fsp3) is 0.227. The Kier molecular flexibility index (Phi) is 6.41. The maximum absolute atomic E-state index is 5.69. The first-order valence-corrected chi connectivity index (χ1v) is 9.29. The molecule has 3 rings (SSSR count). The highest BCUT2D eigenvalue weighted by atomic mass is 16.5. The van der Waals surface area contributed by atoms with Crippen molar-refractivity contribution in [3.8, 4) is 22.9 Å². The molecule has 0 saturated carbocycles. The molecule has 0 bridgehead atoms. The van der Waals surface area contributed by atoms with Gasteiger partial charge < -0.3 is 20.5 Å². The summed E-state index contributed by atoms with van der Waals surface area (Å²) in [7, 11) is 3.20. The number of hydrogen-bond acceptors (Lipinski definition) is 7. The quantitative estimate of drug-likeness (QED) is 0.563. The van der Waals surface area contributed by atoms with Gasteiger partial charge in [-0.3, -0.25) is 4.99 Å². The Morgan fingerprint density at radius 2 is 1.93 bits per heavy atom. The van der Waals surface area contributed by atoms with Crippen LogP contribution in [0.3, 0.4) is 0 Å². The largest absolute Gasteiger partial charge is 0.493 e. The summed E-state index contributed by atoms with van der Waals surface area (Å²) in [4.78, 5) is 14.1. The van der Waals surface area contributed by atoms with E-state index in [1.54, 1.807) is 26.5 Å². The van der Waals surface area contributed by atoms with E-state index in [4.69, 9.17) is 25.2 Å². The first kappa shape index (κ1) is 20.3. The minimum absolute atomic E-state index is 0.478. The van der Waals surface area contributed by atoms with E-state index < -0.39 is 0 Å². The van der Waals surface area contributed by atoms with Crippen LogP contribution in [0.1, 0.15) is 12.5 Å². The topological polar surface area (TPSA) is 94.7 Å². The number of ether oxygens (including phenoxy) is 2. The standard InChI is InChI=1S/C22H25N5O2/c1-5-14-8-7-9-15(20(14)24-6-2)22-26-17-13-19(29-4)18(28-3)12-16(17)21(27-22)25-11-10-23/h5-9,12-13H,1,10-11,23H2,2-4H3,(H,25,26,27). The van der Waals surface area contributed by atoms with Gasteiger partial charge in [0.25, 0.3) is 0 Å². The number of para-hydroxylation sites is 1. The van der Waals surface area contributed by atoms with Crippen molar-refractivity contribution < 1.29 is 9.47 Å². The zero-order valence-electron chi connectivity index (χ0n) is 16.9. The van der Waals surface area contributed by atoms with Crippen LogP contribution < -0.4 is 20.5 Å². The number of rotatable bonds is 8. The minimum Gasteiger partial charge on any atom is -0.493 e. The molecule has 2 aromatic carbocycles. The monoisotopic (exact) mass is 391 g/mol. The molecular formula is C22H25N5O2. The Labute approximate surface area is 170 Å². The van der Waals surface area contributed by atoms with Crippen molar-refractivity contribution >= 4 is 34.7 Å². The number of aromatic nitrogens is 2. The van der Waals surface area contributed by atoms with Gasteiger partial charge in [0.2, 0.25) is 0 Å². The van der Waals surface area contributed by atoms with Gasteiger partial charge in [-0.2, -0.15) is 0 Å². The first-order chi connectivity index (χ1) is 14.2. The molecule has 0 fully saturated rings. The van der Waals surface area contributed by atoms with Crippen molar-refractivity contribution in [1.29, 1.82) is 0 Å². The van der Waals surface area contributed by atoms with E-state index in [1.807, 2.05) is 37.3 Å². The lowest BCUT2D eigenvalue weighted by Gasteiger charge is -2.15. The molecule has 7 heteroatoms. The van der Waals surface area contributed by atoms with Crippen LogP contribution in [0.5, 0.6) is 11.5 Å². The van der Waals surface area contributed by atoms with Crippen molar-refractivity contribution in [3.63, 3.8) is 0 Å². The van der Waals surface area contributed by atoms with Gasteiger partial charge in [0.15, 0.2) is 17.3 Å². The normalized spacial score (nSPS) is 11.0. The van der Waals surface area contributed by atoms with E-state index in [-0.39, 0.29) is 0 Å². The number of aliphatic imine (C=N–C) groups is 1. The second kappa shape index (κ2) is 9.16. The van der Waals surface area contributed by atoms with Crippen LogP contribution in [-0.4, -0.2) is 43.5 Å². The highest BCUT2D eigenvalue weighted by molar-refractivity contribution is 5.94. The molecule has 0 aliphatic rings. The molecule has 29 heavy (non-hydrogen) atoms. The number of fused-ring (bicyclic) bond motifs is 1. The van der Waals surface area contributed by atoms with Gasteiger partial charge >= 0.3 is 0 Å². The van der Waals surface area contributed by atoms with Crippen molar-refractivity contribution in [2.24, 2.45) is 10.7 Å². The number of anilines is 1. The molecule has 1 heterocycles. The second-order valence-electron chi connectivity index (χ2n) is 6.17. The molecule has 3 N–H and O–H groups in total. The van der Waals surface area contributed by atoms with Crippen LogP contribution in [0.25, 0.3) is 28.4 Å². The molecule has 0 unspecified atom stereocenters. The Bertz CT molecular complexity index is 1060. The maximum Gasteiger partial charge on any atom is 0.164 e. The molecule has 0 saturated heterocycles. The average molecular weight is 391 g/mol. The van der Waals surface area contributed by atoms with Gasteiger partial charge in [-0.05, 0) is 19.1 Å². The van der Waals surface area contributed by atoms with Gasteiger partial charge in [-0.15, -0.1) is 0 Å². The summed E-state index contributed by atoms with van der Waals surface area (Å²) in [5.74, 6) is 2.43. The van der Waals surface area contributed by atoms with Gasteiger partial charge in [-0.1, -0.05) is 24.8 Å². The fourth-order valence-electron chi connectivity index (χ4n) is 3.08. The van der Waals surface area contributed by atoms with Gasteiger partial charge in [0, 0.05) is 41.9 Å². The molecule has 0 aliphatic carbocycles. The van der Waals surface area contributed by atoms with Crippen molar-refractivity contribution in [2.75, 3.05) is 32.6 Å². The highest BCUT2D eigenvalue weighted by Gasteiger charge is 2.16. The second-order valence-corrected chi connectivity index (χ2v) is 6.17. The Morgan fingerprint density at radius 1 is 1.17 bits per heavy atom. The molecule has 0 atom stereocenters. The number of hydrogen-bond donors (Lipinski definition) is 2. The molecule has 3 aromatic rings. The number of nitrogens with two attached hydrogens (primary N) is 1. The summed E-state index contributed by atoms with van der Waals surface area (Å²) in [5, 5.41) is 4.10. The van der Waals surface area contributed by atoms with Gasteiger partial charge in [0.05, 0.1) is 25.4 Å². The summed E-state index contributed by atoms with van der Waals surface area (Å²) < 4.78 is 10.9. The predicted molar refractivity (Wildman–Crippen MR) is 120 cm³/mol. The third kappa shape index (κ3) is 4.05.